The summed E-state index contributed by atoms with van der Waals surface area (Å²) in [7, 11) is 0. The Balaban J connectivity index is 2.01. The fourth-order valence-corrected chi connectivity index (χ4v) is 2.06. The van der Waals surface area contributed by atoms with E-state index in [2.05, 4.69) is 4.98 Å². The van der Waals surface area contributed by atoms with E-state index in [9.17, 15) is 13.2 Å². The number of thiazole rings is 1. The predicted octanol–water partition coefficient (Wildman–Crippen LogP) is 4.05. The molecule has 6 heteroatoms. The van der Waals surface area contributed by atoms with Crippen LogP contribution in [0.5, 0.6) is 5.75 Å². The molecule has 0 aliphatic heterocycles. The molecule has 0 N–H and O–H groups in total. The lowest BCUT2D eigenvalue weighted by atomic mass is 10.2. The van der Waals surface area contributed by atoms with Gasteiger partial charge in [-0.1, -0.05) is 12.1 Å². The average Bonchev–Trinajstić information content (AvgIpc) is 2.74. The van der Waals surface area contributed by atoms with Gasteiger partial charge < -0.3 is 4.74 Å². The minimum atomic E-state index is -4.38. The molecule has 18 heavy (non-hydrogen) atoms. The summed E-state index contributed by atoms with van der Waals surface area (Å²) in [5.41, 5.74) is 1.03. The molecule has 96 valence electrons. The van der Waals surface area contributed by atoms with Crippen LogP contribution in [0.25, 0.3) is 0 Å². The van der Waals surface area contributed by atoms with E-state index in [-0.39, 0.29) is 6.61 Å². The van der Waals surface area contributed by atoms with Crippen LogP contribution in [-0.4, -0.2) is 4.98 Å². The lowest BCUT2D eigenvalue weighted by Crippen LogP contribution is -2.02. The topological polar surface area (TPSA) is 22.1 Å². The van der Waals surface area contributed by atoms with E-state index in [1.807, 2.05) is 25.1 Å². The van der Waals surface area contributed by atoms with Crippen molar-refractivity contribution in [3.05, 3.63) is 45.9 Å². The van der Waals surface area contributed by atoms with Crippen LogP contribution in [0.4, 0.5) is 13.2 Å². The first-order valence-corrected chi connectivity index (χ1v) is 5.98. The summed E-state index contributed by atoms with van der Waals surface area (Å²) in [6.07, 6.45) is -3.18. The first-order valence-electron chi connectivity index (χ1n) is 5.16. The lowest BCUT2D eigenvalue weighted by Gasteiger charge is -2.04. The summed E-state index contributed by atoms with van der Waals surface area (Å²) in [6, 6.07) is 7.34. The van der Waals surface area contributed by atoms with Gasteiger partial charge in [0.15, 0.2) is 5.01 Å². The molecule has 1 aromatic carbocycles. The number of hydrogen-bond donors (Lipinski definition) is 0. The third-order valence-electron chi connectivity index (χ3n) is 2.17. The highest BCUT2D eigenvalue weighted by molar-refractivity contribution is 7.11. The Morgan fingerprint density at radius 2 is 2.11 bits per heavy atom. The number of benzene rings is 1. The molecule has 0 aliphatic carbocycles. The molecule has 0 amide bonds. The Kier molecular flexibility index (Phi) is 3.56. The number of aromatic nitrogens is 1. The van der Waals surface area contributed by atoms with Crippen molar-refractivity contribution in [3.63, 3.8) is 0 Å². The molecule has 0 fully saturated rings. The third kappa shape index (κ3) is 3.22. The molecule has 0 spiro atoms. The van der Waals surface area contributed by atoms with Crippen LogP contribution < -0.4 is 4.74 Å². The molecule has 0 saturated carbocycles. The fraction of sp³-hybridized carbons (Fsp3) is 0.250. The van der Waals surface area contributed by atoms with E-state index in [0.29, 0.717) is 22.0 Å². The highest BCUT2D eigenvalue weighted by Crippen LogP contribution is 2.32. The molecule has 0 bridgehead atoms. The second kappa shape index (κ2) is 4.97. The van der Waals surface area contributed by atoms with Crippen molar-refractivity contribution >= 4 is 11.3 Å². The molecule has 1 heterocycles. The van der Waals surface area contributed by atoms with E-state index >= 15 is 0 Å². The second-order valence-corrected chi connectivity index (χ2v) is 4.85. The molecule has 0 radical (unpaired) electrons. The van der Waals surface area contributed by atoms with Crippen LogP contribution in [0.3, 0.4) is 0 Å². The number of rotatable bonds is 3. The standard InChI is InChI=1S/C12H10F3NOS/c1-8-3-2-4-9(5-8)17-7-10-6-16-11(18-10)12(13,14)15/h2-6H,7H2,1H3. The summed E-state index contributed by atoms with van der Waals surface area (Å²) >= 11 is 0.602. The van der Waals surface area contributed by atoms with Crippen LogP contribution in [0.2, 0.25) is 0 Å². The summed E-state index contributed by atoms with van der Waals surface area (Å²) in [4.78, 5) is 3.78. The van der Waals surface area contributed by atoms with E-state index < -0.39 is 11.2 Å². The first kappa shape index (κ1) is 12.9. The Labute approximate surface area is 106 Å². The lowest BCUT2D eigenvalue weighted by molar-refractivity contribution is -0.137. The minimum absolute atomic E-state index is 0.0944. The summed E-state index contributed by atoms with van der Waals surface area (Å²) in [5.74, 6) is 0.636. The van der Waals surface area contributed by atoms with Crippen LogP contribution in [0.15, 0.2) is 30.5 Å². The molecule has 2 rings (SSSR count). The van der Waals surface area contributed by atoms with Crippen LogP contribution in [0, 0.1) is 6.92 Å². The summed E-state index contributed by atoms with van der Waals surface area (Å²) in [5, 5.41) is -0.842. The zero-order valence-electron chi connectivity index (χ0n) is 9.49. The Hall–Kier alpha value is -1.56. The van der Waals surface area contributed by atoms with Crippen molar-refractivity contribution in [1.29, 1.82) is 0 Å². The molecule has 1 aromatic heterocycles. The van der Waals surface area contributed by atoms with Crippen molar-refractivity contribution in [2.75, 3.05) is 0 Å². The van der Waals surface area contributed by atoms with Gasteiger partial charge in [-0.25, -0.2) is 4.98 Å². The maximum absolute atomic E-state index is 12.3. The summed E-state index contributed by atoms with van der Waals surface area (Å²) in [6.45, 7) is 2.01. The number of alkyl halides is 3. The number of ether oxygens (including phenoxy) is 1. The molecule has 0 saturated heterocycles. The quantitative estimate of drug-likeness (QED) is 0.841. The number of hydrogen-bond acceptors (Lipinski definition) is 3. The van der Waals surface area contributed by atoms with Gasteiger partial charge in [0.1, 0.15) is 12.4 Å². The Morgan fingerprint density at radius 3 is 2.72 bits per heavy atom. The number of aryl methyl sites for hydroxylation is 1. The summed E-state index contributed by atoms with van der Waals surface area (Å²) < 4.78 is 42.4. The normalized spacial score (nSPS) is 11.6. The first-order chi connectivity index (χ1) is 8.45. The molecule has 0 atom stereocenters. The molecule has 2 aromatic rings. The molecular formula is C12H10F3NOS. The van der Waals surface area contributed by atoms with Gasteiger partial charge in [-0.2, -0.15) is 13.2 Å². The second-order valence-electron chi connectivity index (χ2n) is 3.73. The molecule has 0 aliphatic rings. The molecular weight excluding hydrogens is 263 g/mol. The smallest absolute Gasteiger partial charge is 0.443 e. The van der Waals surface area contributed by atoms with Gasteiger partial charge in [-0.05, 0) is 24.6 Å². The largest absolute Gasteiger partial charge is 0.488 e. The maximum atomic E-state index is 12.3. The monoisotopic (exact) mass is 273 g/mol. The van der Waals surface area contributed by atoms with Gasteiger partial charge in [0.2, 0.25) is 0 Å². The number of nitrogens with zero attached hydrogens (tertiary/aromatic N) is 1. The van der Waals surface area contributed by atoms with Gasteiger partial charge in [-0.15, -0.1) is 11.3 Å². The zero-order valence-corrected chi connectivity index (χ0v) is 10.3. The highest BCUT2D eigenvalue weighted by Gasteiger charge is 2.34. The van der Waals surface area contributed by atoms with Crippen molar-refractivity contribution in [1.82, 2.24) is 4.98 Å². The van der Waals surface area contributed by atoms with Crippen LogP contribution in [0.1, 0.15) is 15.4 Å². The van der Waals surface area contributed by atoms with Crippen LogP contribution >= 0.6 is 11.3 Å². The SMILES string of the molecule is Cc1cccc(OCc2cnc(C(F)(F)F)s2)c1. The molecule has 2 nitrogen and oxygen atoms in total. The van der Waals surface area contributed by atoms with E-state index in [1.165, 1.54) is 6.20 Å². The van der Waals surface area contributed by atoms with Gasteiger partial charge >= 0.3 is 6.18 Å². The van der Waals surface area contributed by atoms with Gasteiger partial charge in [0.05, 0.1) is 4.88 Å². The van der Waals surface area contributed by atoms with Crippen molar-refractivity contribution in [2.24, 2.45) is 0 Å². The van der Waals surface area contributed by atoms with Gasteiger partial charge in [0.25, 0.3) is 0 Å². The minimum Gasteiger partial charge on any atom is -0.488 e. The van der Waals surface area contributed by atoms with Gasteiger partial charge in [0, 0.05) is 6.20 Å². The zero-order chi connectivity index (χ0) is 13.2. The Morgan fingerprint density at radius 1 is 1.33 bits per heavy atom. The average molecular weight is 273 g/mol. The van der Waals surface area contributed by atoms with Crippen LogP contribution in [-0.2, 0) is 12.8 Å². The van der Waals surface area contributed by atoms with E-state index in [1.54, 1.807) is 6.07 Å². The third-order valence-corrected chi connectivity index (χ3v) is 3.18. The van der Waals surface area contributed by atoms with E-state index in [0.717, 1.165) is 5.56 Å². The number of halogens is 3. The fourth-order valence-electron chi connectivity index (χ4n) is 1.36. The van der Waals surface area contributed by atoms with Crippen molar-refractivity contribution in [2.45, 2.75) is 19.7 Å². The van der Waals surface area contributed by atoms with Gasteiger partial charge in [-0.3, -0.25) is 0 Å². The highest BCUT2D eigenvalue weighted by atomic mass is 32.1. The maximum Gasteiger partial charge on any atom is 0.443 e. The van der Waals surface area contributed by atoms with E-state index in [4.69, 9.17) is 4.74 Å². The molecule has 0 unspecified atom stereocenters. The predicted molar refractivity (Wildman–Crippen MR) is 62.6 cm³/mol. The van der Waals surface area contributed by atoms with Crippen molar-refractivity contribution < 1.29 is 17.9 Å². The Bertz CT molecular complexity index is 536. The van der Waals surface area contributed by atoms with Crippen molar-refractivity contribution in [3.8, 4) is 5.75 Å².